The largest absolute Gasteiger partial charge is 0.297 e. The summed E-state index contributed by atoms with van der Waals surface area (Å²) in [5.41, 5.74) is 1.22. The molecule has 5 heteroatoms. The monoisotopic (exact) mass is 326 g/mol. The molecule has 23 heavy (non-hydrogen) atoms. The van der Waals surface area contributed by atoms with E-state index in [0.717, 1.165) is 11.1 Å². The number of thiophene rings is 1. The van der Waals surface area contributed by atoms with E-state index in [1.807, 2.05) is 56.5 Å². The summed E-state index contributed by atoms with van der Waals surface area (Å²) in [6.45, 7) is 5.61. The van der Waals surface area contributed by atoms with Crippen molar-refractivity contribution in [3.63, 3.8) is 0 Å². The van der Waals surface area contributed by atoms with Crippen molar-refractivity contribution < 1.29 is 4.79 Å². The lowest BCUT2D eigenvalue weighted by Gasteiger charge is -2.17. The topological polar surface area (TPSA) is 52.0 Å². The van der Waals surface area contributed by atoms with E-state index in [1.54, 1.807) is 0 Å². The molecule has 118 valence electrons. The van der Waals surface area contributed by atoms with E-state index in [9.17, 15) is 9.59 Å². The Morgan fingerprint density at radius 2 is 1.91 bits per heavy atom. The first-order chi connectivity index (χ1) is 10.9. The predicted molar refractivity (Wildman–Crippen MR) is 93.8 cm³/mol. The number of carbonyl (C=O) groups is 1. The number of fused-ring (bicyclic) bond motifs is 1. The molecule has 0 fully saturated rings. The summed E-state index contributed by atoms with van der Waals surface area (Å²) in [5.74, 6) is 0.0113. The molecular formula is C18H18N2O2S. The highest BCUT2D eigenvalue weighted by molar-refractivity contribution is 7.17. The molecule has 0 bridgehead atoms. The van der Waals surface area contributed by atoms with Gasteiger partial charge in [0.1, 0.15) is 4.83 Å². The third-order valence-electron chi connectivity index (χ3n) is 3.80. The zero-order valence-corrected chi connectivity index (χ0v) is 14.2. The average molecular weight is 326 g/mol. The average Bonchev–Trinajstić information content (AvgIpc) is 2.94. The fourth-order valence-electron chi connectivity index (χ4n) is 2.30. The molecule has 0 spiro atoms. The summed E-state index contributed by atoms with van der Waals surface area (Å²) in [5, 5.41) is 2.54. The van der Waals surface area contributed by atoms with E-state index < -0.39 is 5.41 Å². The van der Waals surface area contributed by atoms with Crippen molar-refractivity contribution in [3.05, 3.63) is 52.4 Å². The number of carbonyl (C=O) groups excluding carboxylic acids is 1. The van der Waals surface area contributed by atoms with Crippen molar-refractivity contribution in [1.29, 1.82) is 0 Å². The minimum absolute atomic E-state index is 0.0113. The molecule has 2 aromatic heterocycles. The Labute approximate surface area is 138 Å². The molecule has 3 aromatic rings. The van der Waals surface area contributed by atoms with Gasteiger partial charge in [-0.05, 0) is 5.56 Å². The standard InChI is InChI=1S/C18H18N2O2S/c1-18(2,3)14(21)9-20-11-19-16-15(17(20)22)13(10-23-16)12-7-5-4-6-8-12/h4-8,10-11H,9H2,1-3H3. The van der Waals surface area contributed by atoms with Crippen LogP contribution in [0.25, 0.3) is 21.3 Å². The summed E-state index contributed by atoms with van der Waals surface area (Å²) < 4.78 is 1.41. The molecule has 0 aliphatic rings. The quantitative estimate of drug-likeness (QED) is 0.737. The van der Waals surface area contributed by atoms with E-state index in [4.69, 9.17) is 0 Å². The number of nitrogens with zero attached hydrogens (tertiary/aromatic N) is 2. The van der Waals surface area contributed by atoms with E-state index >= 15 is 0 Å². The molecule has 2 heterocycles. The van der Waals surface area contributed by atoms with Crippen LogP contribution in [0.4, 0.5) is 0 Å². The van der Waals surface area contributed by atoms with Crippen molar-refractivity contribution >= 4 is 27.3 Å². The van der Waals surface area contributed by atoms with Crippen molar-refractivity contribution in [3.8, 4) is 11.1 Å². The first kappa shape index (κ1) is 15.6. The number of rotatable bonds is 3. The van der Waals surface area contributed by atoms with Crippen LogP contribution in [0.3, 0.4) is 0 Å². The number of hydrogen-bond donors (Lipinski definition) is 0. The van der Waals surface area contributed by atoms with E-state index in [0.29, 0.717) is 10.2 Å². The highest BCUT2D eigenvalue weighted by Crippen LogP contribution is 2.30. The van der Waals surface area contributed by atoms with Gasteiger partial charge < -0.3 is 0 Å². The van der Waals surface area contributed by atoms with Crippen LogP contribution < -0.4 is 5.56 Å². The van der Waals surface area contributed by atoms with Gasteiger partial charge >= 0.3 is 0 Å². The molecular weight excluding hydrogens is 308 g/mol. The van der Waals surface area contributed by atoms with Gasteiger partial charge in [-0.2, -0.15) is 0 Å². The van der Waals surface area contributed by atoms with E-state index in [2.05, 4.69) is 4.98 Å². The summed E-state index contributed by atoms with van der Waals surface area (Å²) in [4.78, 5) is 30.1. The predicted octanol–water partition coefficient (Wildman–Crippen LogP) is 3.74. The molecule has 0 amide bonds. The Hall–Kier alpha value is -2.27. The zero-order chi connectivity index (χ0) is 16.6. The van der Waals surface area contributed by atoms with Gasteiger partial charge in [0.25, 0.3) is 5.56 Å². The van der Waals surface area contributed by atoms with Crippen molar-refractivity contribution in [1.82, 2.24) is 9.55 Å². The van der Waals surface area contributed by atoms with Crippen LogP contribution >= 0.6 is 11.3 Å². The lowest BCUT2D eigenvalue weighted by molar-refractivity contribution is -0.126. The minimum Gasteiger partial charge on any atom is -0.297 e. The maximum atomic E-state index is 12.8. The first-order valence-electron chi connectivity index (χ1n) is 7.43. The molecule has 1 aromatic carbocycles. The lowest BCUT2D eigenvalue weighted by Crippen LogP contribution is -2.30. The highest BCUT2D eigenvalue weighted by Gasteiger charge is 2.22. The maximum absolute atomic E-state index is 12.8. The third-order valence-corrected chi connectivity index (χ3v) is 4.68. The maximum Gasteiger partial charge on any atom is 0.263 e. The number of benzene rings is 1. The van der Waals surface area contributed by atoms with Crippen molar-refractivity contribution in [2.24, 2.45) is 5.41 Å². The van der Waals surface area contributed by atoms with Crippen LogP contribution in [-0.2, 0) is 11.3 Å². The van der Waals surface area contributed by atoms with Crippen LogP contribution in [-0.4, -0.2) is 15.3 Å². The van der Waals surface area contributed by atoms with Gasteiger partial charge in [-0.3, -0.25) is 14.2 Å². The van der Waals surface area contributed by atoms with Crippen molar-refractivity contribution in [2.75, 3.05) is 0 Å². The second kappa shape index (κ2) is 5.74. The molecule has 3 rings (SSSR count). The van der Waals surface area contributed by atoms with Gasteiger partial charge in [0.05, 0.1) is 18.3 Å². The second-order valence-electron chi connectivity index (χ2n) is 6.55. The zero-order valence-electron chi connectivity index (χ0n) is 13.4. The second-order valence-corrected chi connectivity index (χ2v) is 7.40. The molecule has 0 aliphatic heterocycles. The molecule has 0 saturated heterocycles. The van der Waals surface area contributed by atoms with Crippen LogP contribution in [0.1, 0.15) is 20.8 Å². The molecule has 0 aliphatic carbocycles. The highest BCUT2D eigenvalue weighted by atomic mass is 32.1. The van der Waals surface area contributed by atoms with E-state index in [1.165, 1.54) is 22.2 Å². The molecule has 0 N–H and O–H groups in total. The summed E-state index contributed by atoms with van der Waals surface area (Å²) in [7, 11) is 0. The smallest absolute Gasteiger partial charge is 0.263 e. The third kappa shape index (κ3) is 2.97. The van der Waals surface area contributed by atoms with Crippen LogP contribution in [0.2, 0.25) is 0 Å². The molecule has 0 unspecified atom stereocenters. The molecule has 0 radical (unpaired) electrons. The Morgan fingerprint density at radius 3 is 2.57 bits per heavy atom. The minimum atomic E-state index is -0.481. The molecule has 0 atom stereocenters. The lowest BCUT2D eigenvalue weighted by atomic mass is 9.91. The SMILES string of the molecule is CC(C)(C)C(=O)Cn1cnc2scc(-c3ccccc3)c2c1=O. The normalized spacial score (nSPS) is 11.8. The van der Waals surface area contributed by atoms with Gasteiger partial charge in [-0.1, -0.05) is 51.1 Å². The number of Topliss-reactive ketones (excluding diaryl/α,β-unsaturated/α-hetero) is 1. The van der Waals surface area contributed by atoms with Crippen LogP contribution in [0, 0.1) is 5.41 Å². The summed E-state index contributed by atoms with van der Waals surface area (Å²) in [6.07, 6.45) is 1.47. The Bertz CT molecular complexity index is 918. The van der Waals surface area contributed by atoms with Crippen LogP contribution in [0.5, 0.6) is 0 Å². The summed E-state index contributed by atoms with van der Waals surface area (Å²) >= 11 is 1.45. The van der Waals surface area contributed by atoms with Gasteiger partial charge in [0.15, 0.2) is 5.78 Å². The van der Waals surface area contributed by atoms with Gasteiger partial charge in [-0.15, -0.1) is 11.3 Å². The number of ketones is 1. The van der Waals surface area contributed by atoms with Gasteiger partial charge in [0.2, 0.25) is 0 Å². The number of aromatic nitrogens is 2. The van der Waals surface area contributed by atoms with Gasteiger partial charge in [0, 0.05) is 16.4 Å². The first-order valence-corrected chi connectivity index (χ1v) is 8.31. The van der Waals surface area contributed by atoms with Crippen LogP contribution in [0.15, 0.2) is 46.8 Å². The van der Waals surface area contributed by atoms with E-state index in [-0.39, 0.29) is 17.9 Å². The Kier molecular flexibility index (Phi) is 3.90. The molecule has 4 nitrogen and oxygen atoms in total. The summed E-state index contributed by atoms with van der Waals surface area (Å²) in [6, 6.07) is 9.77. The van der Waals surface area contributed by atoms with Gasteiger partial charge in [-0.25, -0.2) is 4.98 Å². The number of hydrogen-bond acceptors (Lipinski definition) is 4. The Balaban J connectivity index is 2.12. The fourth-order valence-corrected chi connectivity index (χ4v) is 3.21. The van der Waals surface area contributed by atoms with Crippen molar-refractivity contribution in [2.45, 2.75) is 27.3 Å². The molecule has 0 saturated carbocycles. The Morgan fingerprint density at radius 1 is 1.22 bits per heavy atom. The fraction of sp³-hybridized carbons (Fsp3) is 0.278.